The molecule has 4 N–H and O–H groups in total. The molecule has 1 aliphatic heterocycles. The van der Waals surface area contributed by atoms with E-state index in [4.69, 9.17) is 56.2 Å². The summed E-state index contributed by atoms with van der Waals surface area (Å²) in [6, 6.07) is 18.4. The van der Waals surface area contributed by atoms with Gasteiger partial charge in [-0.1, -0.05) is 94.9 Å². The molecule has 0 saturated heterocycles. The van der Waals surface area contributed by atoms with Gasteiger partial charge >= 0.3 is 11.9 Å². The van der Waals surface area contributed by atoms with Crippen molar-refractivity contribution in [2.45, 2.75) is 18.6 Å². The van der Waals surface area contributed by atoms with E-state index in [0.717, 1.165) is 29.2 Å². The summed E-state index contributed by atoms with van der Waals surface area (Å²) in [5, 5.41) is 22.8. The Morgan fingerprint density at radius 3 is 2.10 bits per heavy atom. The summed E-state index contributed by atoms with van der Waals surface area (Å²) in [4.78, 5) is 82.0. The maximum absolute atomic E-state index is 14.1. The topological polar surface area (TPSA) is 192 Å². The van der Waals surface area contributed by atoms with Gasteiger partial charge in [-0.2, -0.15) is 0 Å². The molecule has 1 heterocycles. The quantitative estimate of drug-likeness (QED) is 0.0885. The number of nitrogens with zero attached hydrogens (tertiary/aromatic N) is 2. The summed E-state index contributed by atoms with van der Waals surface area (Å²) in [6.07, 6.45) is -2.05. The van der Waals surface area contributed by atoms with Gasteiger partial charge in [0.15, 0.2) is 11.5 Å². The van der Waals surface area contributed by atoms with Crippen LogP contribution < -0.4 is 20.3 Å². The second kappa shape index (κ2) is 16.3. The summed E-state index contributed by atoms with van der Waals surface area (Å²) >= 11 is 24.6. The van der Waals surface area contributed by atoms with Gasteiger partial charge in [0.1, 0.15) is 12.8 Å². The van der Waals surface area contributed by atoms with E-state index >= 15 is 0 Å². The molecule has 0 aliphatic carbocycles. The lowest BCUT2D eigenvalue weighted by atomic mass is 10.0. The molecule has 0 spiro atoms. The Balaban J connectivity index is 1.46. The van der Waals surface area contributed by atoms with Crippen molar-refractivity contribution >= 4 is 93.7 Å². The van der Waals surface area contributed by atoms with Gasteiger partial charge in [-0.3, -0.25) is 24.1 Å². The number of hydrogen-bond acceptors (Lipinski definition) is 9. The van der Waals surface area contributed by atoms with E-state index < -0.39 is 60.6 Å². The van der Waals surface area contributed by atoms with E-state index in [-0.39, 0.29) is 48.9 Å². The Morgan fingerprint density at radius 1 is 0.885 bits per heavy atom. The van der Waals surface area contributed by atoms with Crippen LogP contribution in [0.15, 0.2) is 83.9 Å². The zero-order valence-electron chi connectivity index (χ0n) is 26.3. The number of nitrogens with one attached hydrogen (secondary N) is 2. The SMILES string of the molecule is O=CC(CC(=O)O)NC(=O)CN1C(=O)C(NC(=O)c2cc(Cl)c(OC(=O)c3cc(Cl)c(O)c(Cl)c3)c(Cl)c2)N=C(c2ccccc2)c2ccccc21. The van der Waals surface area contributed by atoms with Crippen LogP contribution >= 0.6 is 46.4 Å². The molecule has 13 nitrogen and oxygen atoms in total. The van der Waals surface area contributed by atoms with Crippen LogP contribution in [0.1, 0.15) is 38.3 Å². The third-order valence-electron chi connectivity index (χ3n) is 7.44. The molecule has 266 valence electrons. The van der Waals surface area contributed by atoms with Crippen molar-refractivity contribution < 1.29 is 43.7 Å². The monoisotopic (exact) mass is 784 g/mol. The van der Waals surface area contributed by atoms with Gasteiger partial charge in [0.05, 0.1) is 49.5 Å². The van der Waals surface area contributed by atoms with Crippen molar-refractivity contribution in [2.24, 2.45) is 4.99 Å². The maximum atomic E-state index is 14.1. The molecular weight excluding hydrogens is 762 g/mol. The minimum Gasteiger partial charge on any atom is -0.505 e. The molecule has 0 fully saturated rings. The molecule has 2 atom stereocenters. The number of benzene rings is 4. The van der Waals surface area contributed by atoms with Crippen LogP contribution in [-0.4, -0.2) is 70.6 Å². The largest absolute Gasteiger partial charge is 0.505 e. The van der Waals surface area contributed by atoms with Crippen LogP contribution in [0.5, 0.6) is 11.5 Å². The highest BCUT2D eigenvalue weighted by Crippen LogP contribution is 2.37. The normalized spacial score (nSPS) is 14.3. The smallest absolute Gasteiger partial charge is 0.343 e. The lowest BCUT2D eigenvalue weighted by molar-refractivity contribution is -0.138. The molecule has 17 heteroatoms. The van der Waals surface area contributed by atoms with Gasteiger partial charge in [0, 0.05) is 16.7 Å². The number of halogens is 4. The first-order chi connectivity index (χ1) is 24.8. The first kappa shape index (κ1) is 37.8. The van der Waals surface area contributed by atoms with Crippen molar-refractivity contribution in [3.8, 4) is 11.5 Å². The van der Waals surface area contributed by atoms with E-state index in [1.807, 2.05) is 0 Å². The standard InChI is InChI=1S/C35H24Cl4N4O9/c36-22-12-19(13-23(37)30(22)48)35(51)52-31-24(38)10-18(11-25(31)39)33(49)42-32-34(50)43(15-27(45)40-20(16-44)14-28(46)47)26-9-5-4-8-21(26)29(41-32)17-6-2-1-3-7-17/h1-13,16,20,32,48H,14-15H2,(H,40,45)(H,42,49)(H,46,47). The molecular formula is C35H24Cl4N4O9. The number of amides is 3. The van der Waals surface area contributed by atoms with Crippen LogP contribution in [0.4, 0.5) is 5.69 Å². The molecule has 0 radical (unpaired) electrons. The zero-order chi connectivity index (χ0) is 37.7. The first-order valence-electron chi connectivity index (χ1n) is 15.0. The third-order valence-corrected chi connectivity index (χ3v) is 8.58. The lowest BCUT2D eigenvalue weighted by Crippen LogP contribution is -2.51. The molecule has 2 unspecified atom stereocenters. The van der Waals surface area contributed by atoms with Crippen LogP contribution in [0.25, 0.3) is 0 Å². The second-order valence-corrected chi connectivity index (χ2v) is 12.6. The fourth-order valence-corrected chi connectivity index (χ4v) is 6.11. The number of para-hydroxylation sites is 1. The number of aliphatic imine (C=N–C) groups is 1. The molecule has 52 heavy (non-hydrogen) atoms. The number of fused-ring (bicyclic) bond motifs is 1. The Hall–Kier alpha value is -5.47. The number of aldehydes is 1. The number of aliphatic carboxylic acids is 1. The number of phenolic OH excluding ortho intramolecular Hbond substituents is 1. The molecule has 1 aliphatic rings. The zero-order valence-corrected chi connectivity index (χ0v) is 29.3. The summed E-state index contributed by atoms with van der Waals surface area (Å²) in [5.74, 6) is -5.64. The molecule has 4 aromatic carbocycles. The van der Waals surface area contributed by atoms with E-state index in [1.165, 1.54) is 0 Å². The predicted octanol–water partition coefficient (Wildman–Crippen LogP) is 5.32. The highest BCUT2D eigenvalue weighted by Gasteiger charge is 2.35. The van der Waals surface area contributed by atoms with Gasteiger partial charge in [-0.05, 0) is 30.3 Å². The van der Waals surface area contributed by atoms with Crippen molar-refractivity contribution in [1.82, 2.24) is 10.6 Å². The Bertz CT molecular complexity index is 2100. The predicted molar refractivity (Wildman–Crippen MR) is 192 cm³/mol. The van der Waals surface area contributed by atoms with Crippen molar-refractivity contribution in [3.05, 3.63) is 121 Å². The molecule has 0 bridgehead atoms. The van der Waals surface area contributed by atoms with Gasteiger partial charge in [-0.15, -0.1) is 0 Å². The highest BCUT2D eigenvalue weighted by molar-refractivity contribution is 6.39. The minimum atomic E-state index is -1.64. The minimum absolute atomic E-state index is 0.136. The average molecular weight is 786 g/mol. The Morgan fingerprint density at radius 2 is 1.48 bits per heavy atom. The summed E-state index contributed by atoms with van der Waals surface area (Å²) in [6.45, 7) is -0.668. The van der Waals surface area contributed by atoms with E-state index in [1.54, 1.807) is 54.6 Å². The van der Waals surface area contributed by atoms with E-state index in [9.17, 15) is 33.9 Å². The number of esters is 1. The summed E-state index contributed by atoms with van der Waals surface area (Å²) < 4.78 is 5.33. The molecule has 4 aromatic rings. The Labute approximate surface area is 314 Å². The summed E-state index contributed by atoms with van der Waals surface area (Å²) in [5.41, 5.74) is 1.24. The molecule has 0 saturated carbocycles. The van der Waals surface area contributed by atoms with Gasteiger partial charge in [0.2, 0.25) is 12.1 Å². The van der Waals surface area contributed by atoms with Crippen molar-refractivity contribution in [1.29, 1.82) is 0 Å². The van der Waals surface area contributed by atoms with Crippen LogP contribution in [0.3, 0.4) is 0 Å². The second-order valence-electron chi connectivity index (χ2n) is 11.0. The molecule has 3 amide bonds. The van der Waals surface area contributed by atoms with E-state index in [2.05, 4.69) is 15.6 Å². The number of anilines is 1. The number of carboxylic acids is 1. The average Bonchev–Trinajstić information content (AvgIpc) is 3.22. The van der Waals surface area contributed by atoms with Crippen molar-refractivity contribution in [2.75, 3.05) is 11.4 Å². The first-order valence-corrected chi connectivity index (χ1v) is 16.5. The lowest BCUT2D eigenvalue weighted by Gasteiger charge is -2.25. The third kappa shape index (κ3) is 8.52. The van der Waals surface area contributed by atoms with Gasteiger partial charge in [0.25, 0.3) is 11.8 Å². The Kier molecular flexibility index (Phi) is 11.8. The molecule has 0 aromatic heterocycles. The van der Waals surface area contributed by atoms with Crippen LogP contribution in [0.2, 0.25) is 20.1 Å². The number of benzodiazepines with no additional fused rings is 1. The van der Waals surface area contributed by atoms with Crippen LogP contribution in [0, 0.1) is 0 Å². The number of carbonyl (C=O) groups excluding carboxylic acids is 5. The number of aromatic hydroxyl groups is 1. The molecule has 5 rings (SSSR count). The number of phenols is 1. The number of rotatable bonds is 11. The fourth-order valence-electron chi connectivity index (χ4n) is 5.06. The van der Waals surface area contributed by atoms with Crippen LogP contribution in [-0.2, 0) is 19.2 Å². The fraction of sp³-hybridized carbons (Fsp3) is 0.114. The van der Waals surface area contributed by atoms with E-state index in [0.29, 0.717) is 16.8 Å². The number of carbonyl (C=O) groups is 6. The van der Waals surface area contributed by atoms with Gasteiger partial charge < -0.3 is 30.4 Å². The van der Waals surface area contributed by atoms with Gasteiger partial charge in [-0.25, -0.2) is 9.79 Å². The maximum Gasteiger partial charge on any atom is 0.343 e. The van der Waals surface area contributed by atoms with Crippen molar-refractivity contribution in [3.63, 3.8) is 0 Å². The number of ether oxygens (including phenoxy) is 1. The number of hydrogen-bond donors (Lipinski definition) is 4. The highest BCUT2D eigenvalue weighted by atomic mass is 35.5. The number of carboxylic acid groups (broad SMARTS) is 1. The summed E-state index contributed by atoms with van der Waals surface area (Å²) in [7, 11) is 0.